The van der Waals surface area contributed by atoms with Gasteiger partial charge in [-0.1, -0.05) is 39.2 Å². The van der Waals surface area contributed by atoms with Crippen LogP contribution >= 0.6 is 0 Å². The molecule has 76 valence electrons. The first-order valence-corrected chi connectivity index (χ1v) is 5.14. The topological polar surface area (TPSA) is 37.3 Å². The summed E-state index contributed by atoms with van der Waals surface area (Å²) in [4.78, 5) is 10.6. The molecule has 1 N–H and O–H groups in total. The fourth-order valence-corrected chi connectivity index (χ4v) is 1.23. The zero-order valence-electron chi connectivity index (χ0n) is 8.68. The second kappa shape index (κ2) is 7.84. The van der Waals surface area contributed by atoms with Crippen molar-refractivity contribution in [1.29, 1.82) is 0 Å². The molecule has 0 aromatic carbocycles. The minimum Gasteiger partial charge on any atom is -0.478 e. The van der Waals surface area contributed by atoms with Crippen LogP contribution in [-0.2, 0) is 4.79 Å². The molecule has 0 radical (unpaired) electrons. The molecule has 0 aliphatic rings. The number of aliphatic carboxylic acids is 1. The van der Waals surface area contributed by atoms with Crippen molar-refractivity contribution in [3.63, 3.8) is 0 Å². The minimum absolute atomic E-state index is 0.552. The second-order valence-electron chi connectivity index (χ2n) is 3.24. The molecule has 2 nitrogen and oxygen atoms in total. The predicted molar refractivity (Wildman–Crippen MR) is 54.8 cm³/mol. The van der Waals surface area contributed by atoms with Crippen molar-refractivity contribution in [1.82, 2.24) is 0 Å². The Morgan fingerprint density at radius 1 is 1.23 bits per heavy atom. The highest BCUT2D eigenvalue weighted by atomic mass is 16.4. The highest BCUT2D eigenvalue weighted by Crippen LogP contribution is 2.07. The van der Waals surface area contributed by atoms with Crippen LogP contribution in [0.5, 0.6) is 0 Å². The predicted octanol–water partition coefficient (Wildman–Crippen LogP) is 3.38. The summed E-state index contributed by atoms with van der Waals surface area (Å²) in [6, 6.07) is 0. The first-order chi connectivity index (χ1) is 6.22. The first-order valence-electron chi connectivity index (χ1n) is 5.14. The van der Waals surface area contributed by atoms with Crippen molar-refractivity contribution in [2.45, 2.75) is 52.4 Å². The third kappa shape index (κ3) is 6.38. The fourth-order valence-electron chi connectivity index (χ4n) is 1.23. The Hall–Kier alpha value is -0.790. The fraction of sp³-hybridized carbons (Fsp3) is 0.727. The molecule has 0 rings (SSSR count). The van der Waals surface area contributed by atoms with Gasteiger partial charge in [-0.25, -0.2) is 4.79 Å². The van der Waals surface area contributed by atoms with Crippen molar-refractivity contribution in [3.05, 3.63) is 11.6 Å². The maximum Gasteiger partial charge on any atom is 0.331 e. The van der Waals surface area contributed by atoms with Crippen molar-refractivity contribution in [2.24, 2.45) is 0 Å². The zero-order chi connectivity index (χ0) is 10.1. The molecule has 0 aromatic heterocycles. The number of carboxylic acids is 1. The Morgan fingerprint density at radius 2 is 1.92 bits per heavy atom. The number of hydrogen-bond acceptors (Lipinski definition) is 1. The van der Waals surface area contributed by atoms with E-state index < -0.39 is 5.97 Å². The van der Waals surface area contributed by atoms with Gasteiger partial charge < -0.3 is 5.11 Å². The maximum absolute atomic E-state index is 10.6. The van der Waals surface area contributed by atoms with Crippen LogP contribution in [0.3, 0.4) is 0 Å². The number of rotatable bonds is 7. The van der Waals surface area contributed by atoms with E-state index in [4.69, 9.17) is 5.11 Å². The van der Waals surface area contributed by atoms with Crippen LogP contribution in [0, 0.1) is 0 Å². The normalized spacial score (nSPS) is 11.7. The second-order valence-corrected chi connectivity index (χ2v) is 3.24. The van der Waals surface area contributed by atoms with Gasteiger partial charge in [0.2, 0.25) is 0 Å². The summed E-state index contributed by atoms with van der Waals surface area (Å²) in [6.45, 7) is 4.05. The standard InChI is InChI=1S/C11H20O2/c1-3-5-6-7-8-9-10(4-2)11(12)13/h9H,3-8H2,1-2H3,(H,12,13). The first kappa shape index (κ1) is 12.2. The van der Waals surface area contributed by atoms with Gasteiger partial charge in [0.1, 0.15) is 0 Å². The van der Waals surface area contributed by atoms with Crippen molar-refractivity contribution in [2.75, 3.05) is 0 Å². The smallest absolute Gasteiger partial charge is 0.331 e. The van der Waals surface area contributed by atoms with Gasteiger partial charge in [-0.05, 0) is 19.3 Å². The SMILES string of the molecule is CCCCCCC=C(CC)C(=O)O. The van der Waals surface area contributed by atoms with E-state index in [1.165, 1.54) is 19.3 Å². The molecule has 0 saturated heterocycles. The maximum atomic E-state index is 10.6. The van der Waals surface area contributed by atoms with Crippen molar-refractivity contribution < 1.29 is 9.90 Å². The third-order valence-electron chi connectivity index (χ3n) is 2.10. The zero-order valence-corrected chi connectivity index (χ0v) is 8.68. The molecule has 0 heterocycles. The van der Waals surface area contributed by atoms with E-state index >= 15 is 0 Å². The highest BCUT2D eigenvalue weighted by molar-refractivity contribution is 5.86. The van der Waals surface area contributed by atoms with E-state index in [0.29, 0.717) is 12.0 Å². The number of carboxylic acid groups (broad SMARTS) is 1. The Balaban J connectivity index is 3.61. The average molecular weight is 184 g/mol. The lowest BCUT2D eigenvalue weighted by atomic mass is 10.1. The van der Waals surface area contributed by atoms with Gasteiger partial charge >= 0.3 is 5.97 Å². The lowest BCUT2D eigenvalue weighted by Crippen LogP contribution is -1.98. The number of hydrogen-bond donors (Lipinski definition) is 1. The number of unbranched alkanes of at least 4 members (excludes halogenated alkanes) is 4. The van der Waals surface area contributed by atoms with Crippen LogP contribution in [-0.4, -0.2) is 11.1 Å². The Morgan fingerprint density at radius 3 is 2.38 bits per heavy atom. The van der Waals surface area contributed by atoms with E-state index in [-0.39, 0.29) is 0 Å². The van der Waals surface area contributed by atoms with Crippen LogP contribution in [0.1, 0.15) is 52.4 Å². The van der Waals surface area contributed by atoms with Gasteiger partial charge in [-0.2, -0.15) is 0 Å². The molecular formula is C11H20O2. The largest absolute Gasteiger partial charge is 0.478 e. The van der Waals surface area contributed by atoms with Crippen molar-refractivity contribution in [3.8, 4) is 0 Å². The summed E-state index contributed by atoms with van der Waals surface area (Å²) < 4.78 is 0. The summed E-state index contributed by atoms with van der Waals surface area (Å²) >= 11 is 0. The van der Waals surface area contributed by atoms with Crippen LogP contribution in [0.25, 0.3) is 0 Å². The number of carbonyl (C=O) groups is 1. The Labute approximate surface area is 80.7 Å². The van der Waals surface area contributed by atoms with Gasteiger partial charge in [0.05, 0.1) is 0 Å². The minimum atomic E-state index is -0.766. The van der Waals surface area contributed by atoms with Crippen LogP contribution < -0.4 is 0 Å². The quantitative estimate of drug-likeness (QED) is 0.486. The molecule has 0 amide bonds. The monoisotopic (exact) mass is 184 g/mol. The molecule has 13 heavy (non-hydrogen) atoms. The molecule has 2 heteroatoms. The van der Waals surface area contributed by atoms with Gasteiger partial charge in [0.15, 0.2) is 0 Å². The average Bonchev–Trinajstić information content (AvgIpc) is 2.10. The lowest BCUT2D eigenvalue weighted by Gasteiger charge is -1.98. The molecule has 0 spiro atoms. The summed E-state index contributed by atoms with van der Waals surface area (Å²) in [5, 5.41) is 8.71. The van der Waals surface area contributed by atoms with Crippen molar-refractivity contribution >= 4 is 5.97 Å². The number of allylic oxidation sites excluding steroid dienone is 1. The van der Waals surface area contributed by atoms with Gasteiger partial charge in [-0.3, -0.25) is 0 Å². The molecule has 0 unspecified atom stereocenters. The summed E-state index contributed by atoms with van der Waals surface area (Å²) in [7, 11) is 0. The molecule has 0 bridgehead atoms. The summed E-state index contributed by atoms with van der Waals surface area (Å²) in [5.41, 5.74) is 0.552. The van der Waals surface area contributed by atoms with E-state index in [1.54, 1.807) is 0 Å². The molecule has 0 aliphatic carbocycles. The molecule has 0 aliphatic heterocycles. The third-order valence-corrected chi connectivity index (χ3v) is 2.10. The summed E-state index contributed by atoms with van der Waals surface area (Å²) in [6.07, 6.45) is 8.20. The molecule has 0 saturated carbocycles. The highest BCUT2D eigenvalue weighted by Gasteiger charge is 2.01. The molecular weight excluding hydrogens is 164 g/mol. The van der Waals surface area contributed by atoms with Gasteiger partial charge in [0.25, 0.3) is 0 Å². The van der Waals surface area contributed by atoms with Crippen LogP contribution in [0.2, 0.25) is 0 Å². The Kier molecular flexibility index (Phi) is 7.36. The van der Waals surface area contributed by atoms with E-state index in [1.807, 2.05) is 13.0 Å². The Bertz CT molecular complexity index is 171. The molecule has 0 fully saturated rings. The van der Waals surface area contributed by atoms with E-state index in [0.717, 1.165) is 12.8 Å². The van der Waals surface area contributed by atoms with Gasteiger partial charge in [0, 0.05) is 5.57 Å². The van der Waals surface area contributed by atoms with Crippen LogP contribution in [0.4, 0.5) is 0 Å². The van der Waals surface area contributed by atoms with Gasteiger partial charge in [-0.15, -0.1) is 0 Å². The molecule has 0 aromatic rings. The van der Waals surface area contributed by atoms with Crippen LogP contribution in [0.15, 0.2) is 11.6 Å². The molecule has 0 atom stereocenters. The summed E-state index contributed by atoms with van der Waals surface area (Å²) in [5.74, 6) is -0.766. The van der Waals surface area contributed by atoms with E-state index in [9.17, 15) is 4.79 Å². The van der Waals surface area contributed by atoms with E-state index in [2.05, 4.69) is 6.92 Å². The lowest BCUT2D eigenvalue weighted by molar-refractivity contribution is -0.132.